The Bertz CT molecular complexity index is 1030. The molecule has 0 amide bonds. The Balaban J connectivity index is 1.59. The smallest absolute Gasteiger partial charge is 0.309 e. The molecule has 0 saturated heterocycles. The zero-order valence-corrected chi connectivity index (χ0v) is 15.6. The van der Waals surface area contributed by atoms with Gasteiger partial charge in [0.1, 0.15) is 5.75 Å². The highest BCUT2D eigenvalue weighted by atomic mass is 16.5. The molecule has 3 aromatic rings. The first-order valence-corrected chi connectivity index (χ1v) is 8.82. The molecule has 0 saturated carbocycles. The number of nitrogens with one attached hydrogen (secondary N) is 1. The molecule has 0 radical (unpaired) electrons. The summed E-state index contributed by atoms with van der Waals surface area (Å²) in [5, 5.41) is 0.502. The van der Waals surface area contributed by atoms with Crippen LogP contribution in [0.3, 0.4) is 0 Å². The SMILES string of the molecule is Cc1ccc(C)c(OCCC(=O)O[C@H](C)c2nc3ccccc3c(=O)[nH]2)c1. The molecule has 0 fully saturated rings. The molecule has 1 N–H and O–H groups in total. The molecule has 6 heteroatoms. The van der Waals surface area contributed by atoms with E-state index in [4.69, 9.17) is 9.47 Å². The van der Waals surface area contributed by atoms with Gasteiger partial charge in [-0.05, 0) is 50.1 Å². The third-order valence-corrected chi connectivity index (χ3v) is 4.23. The number of aromatic amines is 1. The van der Waals surface area contributed by atoms with E-state index in [2.05, 4.69) is 9.97 Å². The number of ether oxygens (including phenoxy) is 2. The average Bonchev–Trinajstić information content (AvgIpc) is 2.64. The van der Waals surface area contributed by atoms with Crippen LogP contribution in [0.15, 0.2) is 47.3 Å². The second kappa shape index (κ2) is 8.03. The van der Waals surface area contributed by atoms with Crippen LogP contribution >= 0.6 is 0 Å². The molecule has 1 aromatic heterocycles. The minimum Gasteiger partial charge on any atom is -0.493 e. The molecule has 0 bridgehead atoms. The zero-order valence-electron chi connectivity index (χ0n) is 15.6. The lowest BCUT2D eigenvalue weighted by Crippen LogP contribution is -2.18. The van der Waals surface area contributed by atoms with Gasteiger partial charge < -0.3 is 14.5 Å². The Morgan fingerprint density at radius 1 is 1.19 bits per heavy atom. The van der Waals surface area contributed by atoms with E-state index in [9.17, 15) is 9.59 Å². The predicted octanol–water partition coefficient (Wildman–Crippen LogP) is 3.61. The number of hydrogen-bond donors (Lipinski definition) is 1. The van der Waals surface area contributed by atoms with E-state index in [1.807, 2.05) is 32.0 Å². The van der Waals surface area contributed by atoms with Crippen molar-refractivity contribution in [1.82, 2.24) is 9.97 Å². The van der Waals surface area contributed by atoms with Gasteiger partial charge in [0.15, 0.2) is 11.9 Å². The van der Waals surface area contributed by atoms with E-state index in [1.54, 1.807) is 31.2 Å². The van der Waals surface area contributed by atoms with Crippen LogP contribution in [0.25, 0.3) is 10.9 Å². The highest BCUT2D eigenvalue weighted by Gasteiger charge is 2.15. The lowest BCUT2D eigenvalue weighted by molar-refractivity contribution is -0.149. The fourth-order valence-electron chi connectivity index (χ4n) is 2.72. The quantitative estimate of drug-likeness (QED) is 0.674. The van der Waals surface area contributed by atoms with Crippen LogP contribution in [0, 0.1) is 13.8 Å². The Kier molecular flexibility index (Phi) is 5.54. The topological polar surface area (TPSA) is 81.3 Å². The highest BCUT2D eigenvalue weighted by molar-refractivity contribution is 5.77. The van der Waals surface area contributed by atoms with Gasteiger partial charge in [-0.2, -0.15) is 0 Å². The predicted molar refractivity (Wildman–Crippen MR) is 103 cm³/mol. The number of aromatic nitrogens is 2. The molecule has 1 atom stereocenters. The number of esters is 1. The van der Waals surface area contributed by atoms with Gasteiger partial charge in [0.05, 0.1) is 23.9 Å². The molecule has 0 aliphatic carbocycles. The molecule has 0 aliphatic rings. The first-order valence-electron chi connectivity index (χ1n) is 8.82. The lowest BCUT2D eigenvalue weighted by Gasteiger charge is -2.14. The van der Waals surface area contributed by atoms with Gasteiger partial charge in [0.2, 0.25) is 0 Å². The molecule has 0 aliphatic heterocycles. The van der Waals surface area contributed by atoms with Gasteiger partial charge in [-0.15, -0.1) is 0 Å². The van der Waals surface area contributed by atoms with Crippen LogP contribution in [-0.4, -0.2) is 22.5 Å². The average molecular weight is 366 g/mol. The van der Waals surface area contributed by atoms with Crippen molar-refractivity contribution in [3.63, 3.8) is 0 Å². The number of benzene rings is 2. The van der Waals surface area contributed by atoms with Crippen molar-refractivity contribution >= 4 is 16.9 Å². The molecule has 2 aromatic carbocycles. The Morgan fingerprint density at radius 3 is 2.78 bits per heavy atom. The van der Waals surface area contributed by atoms with Gasteiger partial charge in [-0.1, -0.05) is 24.3 Å². The van der Waals surface area contributed by atoms with E-state index >= 15 is 0 Å². The molecular formula is C21H22N2O4. The first kappa shape index (κ1) is 18.6. The summed E-state index contributed by atoms with van der Waals surface area (Å²) in [7, 11) is 0. The van der Waals surface area contributed by atoms with Crippen molar-refractivity contribution in [2.75, 3.05) is 6.61 Å². The summed E-state index contributed by atoms with van der Waals surface area (Å²) < 4.78 is 11.1. The maximum atomic E-state index is 12.1. The summed E-state index contributed by atoms with van der Waals surface area (Å²) in [6.45, 7) is 5.84. The van der Waals surface area contributed by atoms with Crippen molar-refractivity contribution < 1.29 is 14.3 Å². The van der Waals surface area contributed by atoms with Crippen molar-refractivity contribution in [2.24, 2.45) is 0 Å². The zero-order chi connectivity index (χ0) is 19.4. The maximum absolute atomic E-state index is 12.1. The molecular weight excluding hydrogens is 344 g/mol. The molecule has 0 spiro atoms. The summed E-state index contributed by atoms with van der Waals surface area (Å²) in [5.74, 6) is 0.669. The minimum absolute atomic E-state index is 0.107. The Hall–Kier alpha value is -3.15. The van der Waals surface area contributed by atoms with Gasteiger partial charge >= 0.3 is 5.97 Å². The number of hydrogen-bond acceptors (Lipinski definition) is 5. The van der Waals surface area contributed by atoms with E-state index in [0.717, 1.165) is 16.9 Å². The number of carbonyl (C=O) groups excluding carboxylic acids is 1. The van der Waals surface area contributed by atoms with Gasteiger partial charge in [-0.25, -0.2) is 4.98 Å². The number of aryl methyl sites for hydroxylation is 2. The summed E-state index contributed by atoms with van der Waals surface area (Å²) >= 11 is 0. The number of rotatable bonds is 6. The minimum atomic E-state index is -0.657. The number of para-hydroxylation sites is 1. The third kappa shape index (κ3) is 4.53. The van der Waals surface area contributed by atoms with Crippen molar-refractivity contribution in [2.45, 2.75) is 33.3 Å². The first-order chi connectivity index (χ1) is 12.9. The van der Waals surface area contributed by atoms with E-state index in [0.29, 0.717) is 16.7 Å². The molecule has 3 rings (SSSR count). The fourth-order valence-corrected chi connectivity index (χ4v) is 2.72. The highest BCUT2D eigenvalue weighted by Crippen LogP contribution is 2.20. The number of fused-ring (bicyclic) bond motifs is 1. The van der Waals surface area contributed by atoms with E-state index in [1.165, 1.54) is 0 Å². The molecule has 1 heterocycles. The number of nitrogens with zero attached hydrogens (tertiary/aromatic N) is 1. The molecule has 6 nitrogen and oxygen atoms in total. The number of H-pyrrole nitrogens is 1. The number of carbonyl (C=O) groups is 1. The molecule has 140 valence electrons. The van der Waals surface area contributed by atoms with Gasteiger partial charge in [-0.3, -0.25) is 9.59 Å². The summed E-state index contributed by atoms with van der Waals surface area (Å²) in [6, 6.07) is 13.0. The third-order valence-electron chi connectivity index (χ3n) is 4.23. The second-order valence-electron chi connectivity index (χ2n) is 6.47. The standard InChI is InChI=1S/C21H22N2O4/c1-13-8-9-14(2)18(12-13)26-11-10-19(24)27-15(3)20-22-17-7-5-4-6-16(17)21(25)23-20/h4-9,12,15H,10-11H2,1-3H3,(H,22,23,25)/t15-/m1/s1. The van der Waals surface area contributed by atoms with Crippen LogP contribution in [-0.2, 0) is 9.53 Å². The Morgan fingerprint density at radius 2 is 1.96 bits per heavy atom. The fraction of sp³-hybridized carbons (Fsp3) is 0.286. The van der Waals surface area contributed by atoms with Crippen LogP contribution in [0.5, 0.6) is 5.75 Å². The van der Waals surface area contributed by atoms with E-state index in [-0.39, 0.29) is 18.6 Å². The summed E-state index contributed by atoms with van der Waals surface area (Å²) in [5.41, 5.74) is 2.42. The molecule has 0 unspecified atom stereocenters. The van der Waals surface area contributed by atoms with Crippen LogP contribution in [0.4, 0.5) is 0 Å². The largest absolute Gasteiger partial charge is 0.493 e. The normalized spacial score (nSPS) is 12.0. The van der Waals surface area contributed by atoms with Crippen molar-refractivity contribution in [3.05, 3.63) is 69.8 Å². The van der Waals surface area contributed by atoms with Crippen LogP contribution in [0.2, 0.25) is 0 Å². The summed E-state index contributed by atoms with van der Waals surface area (Å²) in [6.07, 6.45) is -0.550. The van der Waals surface area contributed by atoms with Crippen LogP contribution < -0.4 is 10.3 Å². The van der Waals surface area contributed by atoms with Crippen molar-refractivity contribution in [3.8, 4) is 5.75 Å². The maximum Gasteiger partial charge on any atom is 0.309 e. The van der Waals surface area contributed by atoms with Gasteiger partial charge in [0, 0.05) is 0 Å². The van der Waals surface area contributed by atoms with Crippen molar-refractivity contribution in [1.29, 1.82) is 0 Å². The lowest BCUT2D eigenvalue weighted by atomic mass is 10.1. The second-order valence-corrected chi connectivity index (χ2v) is 6.47. The van der Waals surface area contributed by atoms with Gasteiger partial charge in [0.25, 0.3) is 5.56 Å². The Labute approximate surface area is 157 Å². The summed E-state index contributed by atoms with van der Waals surface area (Å²) in [4.78, 5) is 31.3. The molecule has 27 heavy (non-hydrogen) atoms. The van der Waals surface area contributed by atoms with E-state index < -0.39 is 12.1 Å². The van der Waals surface area contributed by atoms with Crippen LogP contribution in [0.1, 0.15) is 36.4 Å². The monoisotopic (exact) mass is 366 g/mol.